The van der Waals surface area contributed by atoms with Gasteiger partial charge in [0.15, 0.2) is 0 Å². The second-order valence-electron chi connectivity index (χ2n) is 10.3. The number of aromatic nitrogens is 3. The quantitative estimate of drug-likeness (QED) is 0.214. The average molecular weight is 543 g/mol. The lowest BCUT2D eigenvalue weighted by Crippen LogP contribution is -2.29. The maximum atomic E-state index is 14.1. The molecule has 0 radical (unpaired) electrons. The Morgan fingerprint density at radius 1 is 0.524 bits per heavy atom. The molecule has 8 rings (SSSR count). The van der Waals surface area contributed by atoms with Gasteiger partial charge < -0.3 is 4.57 Å². The molecule has 0 unspecified atom stereocenters. The molecule has 0 bridgehead atoms. The van der Waals surface area contributed by atoms with Crippen molar-refractivity contribution in [1.29, 1.82) is 0 Å². The van der Waals surface area contributed by atoms with Crippen LogP contribution in [0.2, 0.25) is 0 Å². The summed E-state index contributed by atoms with van der Waals surface area (Å²) in [4.78, 5) is 37.4. The van der Waals surface area contributed by atoms with Gasteiger partial charge in [0.1, 0.15) is 6.33 Å². The fraction of sp³-hybridized carbons (Fsp3) is 0. The van der Waals surface area contributed by atoms with Gasteiger partial charge in [-0.25, -0.2) is 14.9 Å². The summed E-state index contributed by atoms with van der Waals surface area (Å²) >= 11 is 0. The minimum atomic E-state index is -0.331. The topological polar surface area (TPSA) is 68.1 Å². The highest BCUT2D eigenvalue weighted by Gasteiger charge is 2.39. The minimum Gasteiger partial charge on any atom is -0.308 e. The number of nitrogens with zero attached hydrogens (tertiary/aromatic N) is 4. The summed E-state index contributed by atoms with van der Waals surface area (Å²) in [5, 5.41) is 2.09. The second-order valence-corrected chi connectivity index (χ2v) is 10.3. The van der Waals surface area contributed by atoms with E-state index in [4.69, 9.17) is 0 Å². The smallest absolute Gasteiger partial charge is 0.268 e. The van der Waals surface area contributed by atoms with E-state index in [-0.39, 0.29) is 11.8 Å². The molecule has 0 fully saturated rings. The van der Waals surface area contributed by atoms with E-state index in [9.17, 15) is 9.59 Å². The van der Waals surface area contributed by atoms with Crippen LogP contribution in [0.25, 0.3) is 49.7 Å². The van der Waals surface area contributed by atoms with Crippen molar-refractivity contribution in [3.05, 3.63) is 145 Å². The zero-order chi connectivity index (χ0) is 28.2. The summed E-state index contributed by atoms with van der Waals surface area (Å²) in [6.07, 6.45) is 5.11. The first kappa shape index (κ1) is 24.0. The normalized spacial score (nSPS) is 12.8. The first-order valence-electron chi connectivity index (χ1n) is 13.7. The molecular formula is C36H22N4O2. The SMILES string of the molecule is O=C1c2cccc(-n3c4ccccc4c4cc(-c5cncnc5)ccc43)c2C(=O)N1c1ccc(-c2ccccc2)cc1. The number of hydrogen-bond acceptors (Lipinski definition) is 4. The number of carbonyl (C=O) groups excluding carboxylic acids is 2. The van der Waals surface area contributed by atoms with Crippen LogP contribution < -0.4 is 4.90 Å². The number of rotatable bonds is 4. The predicted molar refractivity (Wildman–Crippen MR) is 165 cm³/mol. The number of amides is 2. The average Bonchev–Trinajstić information content (AvgIpc) is 3.52. The van der Waals surface area contributed by atoms with Crippen LogP contribution in [0.3, 0.4) is 0 Å². The molecule has 1 aliphatic rings. The lowest BCUT2D eigenvalue weighted by atomic mass is 10.1. The van der Waals surface area contributed by atoms with Crippen LogP contribution in [0.1, 0.15) is 20.7 Å². The summed E-state index contributed by atoms with van der Waals surface area (Å²) in [6.45, 7) is 0. The van der Waals surface area contributed by atoms with Crippen LogP contribution in [-0.4, -0.2) is 26.3 Å². The highest BCUT2D eigenvalue weighted by atomic mass is 16.2. The molecule has 0 N–H and O–H groups in total. The summed E-state index contributed by atoms with van der Waals surface area (Å²) in [5.41, 5.74) is 7.93. The molecule has 2 aromatic heterocycles. The van der Waals surface area contributed by atoms with E-state index in [0.717, 1.165) is 44.1 Å². The van der Waals surface area contributed by atoms with E-state index in [1.54, 1.807) is 18.5 Å². The third kappa shape index (κ3) is 3.59. The van der Waals surface area contributed by atoms with Crippen molar-refractivity contribution in [2.45, 2.75) is 0 Å². The molecule has 0 atom stereocenters. The molecule has 2 amide bonds. The number of benzene rings is 5. The van der Waals surface area contributed by atoms with Gasteiger partial charge in [0.25, 0.3) is 11.8 Å². The van der Waals surface area contributed by atoms with Crippen LogP contribution in [-0.2, 0) is 0 Å². The maximum Gasteiger partial charge on any atom is 0.268 e. The number of hydrogen-bond donors (Lipinski definition) is 0. The van der Waals surface area contributed by atoms with Crippen molar-refractivity contribution in [3.63, 3.8) is 0 Å². The highest BCUT2D eigenvalue weighted by molar-refractivity contribution is 6.35. The van der Waals surface area contributed by atoms with Crippen LogP contribution in [0.5, 0.6) is 0 Å². The van der Waals surface area contributed by atoms with E-state index in [0.29, 0.717) is 22.5 Å². The Bertz CT molecular complexity index is 2170. The van der Waals surface area contributed by atoms with Gasteiger partial charge in [-0.05, 0) is 59.2 Å². The van der Waals surface area contributed by atoms with E-state index in [1.807, 2.05) is 91.0 Å². The molecule has 3 heterocycles. The molecule has 198 valence electrons. The van der Waals surface area contributed by atoms with Gasteiger partial charge in [0.2, 0.25) is 0 Å². The van der Waals surface area contributed by atoms with Gasteiger partial charge in [-0.15, -0.1) is 0 Å². The van der Waals surface area contributed by atoms with Crippen LogP contribution in [0.15, 0.2) is 134 Å². The van der Waals surface area contributed by atoms with Crippen molar-refractivity contribution < 1.29 is 9.59 Å². The first-order chi connectivity index (χ1) is 20.7. The highest BCUT2D eigenvalue weighted by Crippen LogP contribution is 2.39. The third-order valence-corrected chi connectivity index (χ3v) is 7.93. The first-order valence-corrected chi connectivity index (χ1v) is 13.7. The monoisotopic (exact) mass is 542 g/mol. The van der Waals surface area contributed by atoms with Crippen molar-refractivity contribution in [2.24, 2.45) is 0 Å². The zero-order valence-electron chi connectivity index (χ0n) is 22.3. The largest absolute Gasteiger partial charge is 0.308 e. The molecule has 6 heteroatoms. The number of para-hydroxylation sites is 1. The minimum absolute atomic E-state index is 0.323. The Balaban J connectivity index is 1.27. The number of fused-ring (bicyclic) bond motifs is 4. The van der Waals surface area contributed by atoms with Crippen LogP contribution in [0.4, 0.5) is 5.69 Å². The number of anilines is 1. The zero-order valence-corrected chi connectivity index (χ0v) is 22.3. The lowest BCUT2D eigenvalue weighted by Gasteiger charge is -2.15. The number of imide groups is 1. The van der Waals surface area contributed by atoms with E-state index < -0.39 is 0 Å². The number of carbonyl (C=O) groups is 2. The van der Waals surface area contributed by atoms with E-state index >= 15 is 0 Å². The van der Waals surface area contributed by atoms with Gasteiger partial charge in [-0.1, -0.05) is 72.8 Å². The molecule has 0 aliphatic carbocycles. The van der Waals surface area contributed by atoms with Gasteiger partial charge in [0.05, 0.1) is 33.5 Å². The Kier molecular flexibility index (Phi) is 5.34. The Hall–Kier alpha value is -5.88. The van der Waals surface area contributed by atoms with Gasteiger partial charge in [-0.3, -0.25) is 9.59 Å². The van der Waals surface area contributed by atoms with Crippen molar-refractivity contribution in [2.75, 3.05) is 4.90 Å². The fourth-order valence-electron chi connectivity index (χ4n) is 5.98. The predicted octanol–water partition coefficient (Wildman–Crippen LogP) is 7.71. The summed E-state index contributed by atoms with van der Waals surface area (Å²) in [5.74, 6) is -0.654. The van der Waals surface area contributed by atoms with E-state index in [1.165, 1.54) is 11.2 Å². The molecule has 6 nitrogen and oxygen atoms in total. The van der Waals surface area contributed by atoms with Crippen LogP contribution in [0, 0.1) is 0 Å². The van der Waals surface area contributed by atoms with Gasteiger partial charge in [0, 0.05) is 28.7 Å². The molecule has 0 spiro atoms. The third-order valence-electron chi connectivity index (χ3n) is 7.93. The Labute approximate surface area is 241 Å². The van der Waals surface area contributed by atoms with Crippen LogP contribution >= 0.6 is 0 Å². The maximum absolute atomic E-state index is 14.1. The van der Waals surface area contributed by atoms with Crippen molar-refractivity contribution in [1.82, 2.24) is 14.5 Å². The summed E-state index contributed by atoms with van der Waals surface area (Å²) < 4.78 is 2.09. The van der Waals surface area contributed by atoms with Crippen molar-refractivity contribution in [3.8, 4) is 27.9 Å². The Morgan fingerprint density at radius 2 is 1.21 bits per heavy atom. The Morgan fingerprint density at radius 3 is 2.02 bits per heavy atom. The molecule has 5 aromatic carbocycles. The fourth-order valence-corrected chi connectivity index (χ4v) is 5.98. The molecule has 0 saturated carbocycles. The lowest BCUT2D eigenvalue weighted by molar-refractivity contribution is 0.0926. The standard InChI is InChI=1S/C36H22N4O2/c41-35-29-10-6-12-33(34(29)36(42)39(35)27-16-13-24(14-17-27)23-7-2-1-3-8-23)40-31-11-5-4-9-28(31)30-19-25(15-18-32(30)40)26-20-37-22-38-21-26/h1-22H. The molecule has 42 heavy (non-hydrogen) atoms. The summed E-state index contributed by atoms with van der Waals surface area (Å²) in [7, 11) is 0. The molecule has 7 aromatic rings. The molecule has 1 aliphatic heterocycles. The van der Waals surface area contributed by atoms with E-state index in [2.05, 4.69) is 32.7 Å². The van der Waals surface area contributed by atoms with Gasteiger partial charge >= 0.3 is 0 Å². The molecular weight excluding hydrogens is 520 g/mol. The van der Waals surface area contributed by atoms with Crippen molar-refractivity contribution >= 4 is 39.3 Å². The van der Waals surface area contributed by atoms with Gasteiger partial charge in [-0.2, -0.15) is 0 Å². The second kappa shape index (κ2) is 9.35. The molecule has 0 saturated heterocycles. The summed E-state index contributed by atoms with van der Waals surface area (Å²) in [6, 6.07) is 37.4.